The van der Waals surface area contributed by atoms with Crippen LogP contribution in [-0.4, -0.2) is 29.7 Å². The number of nitrogens with two attached hydrogens (primary N) is 1. The van der Waals surface area contributed by atoms with Gasteiger partial charge in [0, 0.05) is 24.7 Å². The number of nitrogen functional groups attached to an aromatic ring is 1. The molecule has 0 aliphatic rings. The van der Waals surface area contributed by atoms with Gasteiger partial charge < -0.3 is 5.43 Å². The van der Waals surface area contributed by atoms with Gasteiger partial charge in [-0.25, -0.2) is 24.2 Å². The highest BCUT2D eigenvalue weighted by molar-refractivity contribution is 7.89. The lowest BCUT2D eigenvalue weighted by Gasteiger charge is -2.17. The minimum atomic E-state index is -3.68. The summed E-state index contributed by atoms with van der Waals surface area (Å²) in [6.45, 7) is 2.08. The van der Waals surface area contributed by atoms with E-state index in [1.54, 1.807) is 5.51 Å². The van der Waals surface area contributed by atoms with Crippen LogP contribution in [0.2, 0.25) is 5.02 Å². The number of rotatable bonds is 5. The number of aryl methyl sites for hydroxylation is 1. The molecule has 2 aromatic heterocycles. The monoisotopic (exact) mass is 347 g/mol. The molecule has 2 aromatic rings. The van der Waals surface area contributed by atoms with Crippen molar-refractivity contribution in [2.24, 2.45) is 5.84 Å². The molecule has 2 rings (SSSR count). The lowest BCUT2D eigenvalue weighted by molar-refractivity contribution is 0.468. The van der Waals surface area contributed by atoms with Crippen molar-refractivity contribution < 1.29 is 8.42 Å². The molecule has 0 radical (unpaired) electrons. The number of hydrogen-bond acceptors (Lipinski definition) is 7. The Kier molecular flexibility index (Phi) is 4.79. The number of nitrogens with zero attached hydrogens (tertiary/aromatic N) is 3. The number of nitrogens with one attached hydrogen (secondary N) is 1. The molecule has 10 heteroatoms. The van der Waals surface area contributed by atoms with Crippen molar-refractivity contribution >= 4 is 38.8 Å². The number of pyridine rings is 1. The molecular weight excluding hydrogens is 334 g/mol. The fourth-order valence-electron chi connectivity index (χ4n) is 1.61. The summed E-state index contributed by atoms with van der Waals surface area (Å²) in [6, 6.07) is 1.31. The molecule has 21 heavy (non-hydrogen) atoms. The van der Waals surface area contributed by atoms with Gasteiger partial charge >= 0.3 is 0 Å². The fraction of sp³-hybridized carbons (Fsp3) is 0.273. The Balaban J connectivity index is 2.29. The second kappa shape index (κ2) is 6.24. The molecule has 0 saturated heterocycles. The molecule has 114 valence electrons. The number of hydrogen-bond donors (Lipinski definition) is 2. The summed E-state index contributed by atoms with van der Waals surface area (Å²) in [5, 5.41) is 0.140. The molecule has 0 aromatic carbocycles. The summed E-state index contributed by atoms with van der Waals surface area (Å²) in [6.07, 6.45) is 1.21. The molecule has 0 spiro atoms. The van der Waals surface area contributed by atoms with Gasteiger partial charge in [-0.15, -0.1) is 11.3 Å². The van der Waals surface area contributed by atoms with E-state index in [1.165, 1.54) is 35.0 Å². The summed E-state index contributed by atoms with van der Waals surface area (Å²) in [5.74, 6) is 5.43. The predicted molar refractivity (Wildman–Crippen MR) is 82.6 cm³/mol. The van der Waals surface area contributed by atoms with Crippen LogP contribution in [-0.2, 0) is 16.6 Å². The molecular formula is C11H14ClN5O2S2. The van der Waals surface area contributed by atoms with Crippen molar-refractivity contribution in [2.75, 3.05) is 12.5 Å². The lowest BCUT2D eigenvalue weighted by atomic mass is 10.4. The van der Waals surface area contributed by atoms with E-state index in [2.05, 4.69) is 15.4 Å². The first kappa shape index (κ1) is 16.1. The van der Waals surface area contributed by atoms with Gasteiger partial charge in [-0.1, -0.05) is 11.6 Å². The van der Waals surface area contributed by atoms with Crippen molar-refractivity contribution in [3.05, 3.63) is 33.4 Å². The van der Waals surface area contributed by atoms with Crippen molar-refractivity contribution in [1.29, 1.82) is 0 Å². The van der Waals surface area contributed by atoms with Gasteiger partial charge in [0.25, 0.3) is 0 Å². The maximum Gasteiger partial charge on any atom is 0.244 e. The van der Waals surface area contributed by atoms with E-state index in [9.17, 15) is 8.42 Å². The van der Waals surface area contributed by atoms with Crippen molar-refractivity contribution in [3.8, 4) is 0 Å². The SMILES string of the molecule is Cc1ncsc1CN(C)S(=O)(=O)c1cnc(NN)c(Cl)c1. The van der Waals surface area contributed by atoms with E-state index in [0.717, 1.165) is 10.6 Å². The molecule has 0 saturated carbocycles. The van der Waals surface area contributed by atoms with Crippen molar-refractivity contribution in [1.82, 2.24) is 14.3 Å². The van der Waals surface area contributed by atoms with Gasteiger partial charge in [0.1, 0.15) is 4.90 Å². The van der Waals surface area contributed by atoms with Crippen LogP contribution in [0.4, 0.5) is 5.82 Å². The first-order chi connectivity index (χ1) is 9.86. The number of anilines is 1. The smallest absolute Gasteiger partial charge is 0.244 e. The third-order valence-electron chi connectivity index (χ3n) is 2.87. The Bertz CT molecular complexity index is 747. The Morgan fingerprint density at radius 2 is 2.19 bits per heavy atom. The third kappa shape index (κ3) is 3.33. The van der Waals surface area contributed by atoms with Crippen LogP contribution in [0.3, 0.4) is 0 Å². The average Bonchev–Trinajstić information content (AvgIpc) is 2.84. The standard InChI is InChI=1S/C11H14ClN5O2S2/c1-7-10(20-6-15-7)5-17(2)21(18,19)8-3-9(12)11(16-13)14-4-8/h3-4,6H,5,13H2,1-2H3,(H,14,16). The number of aromatic nitrogens is 2. The van der Waals surface area contributed by atoms with Crippen molar-refractivity contribution in [3.63, 3.8) is 0 Å². The summed E-state index contributed by atoms with van der Waals surface area (Å²) in [7, 11) is -2.19. The van der Waals surface area contributed by atoms with Crippen LogP contribution in [0, 0.1) is 6.92 Å². The van der Waals surface area contributed by atoms with E-state index in [4.69, 9.17) is 17.4 Å². The highest BCUT2D eigenvalue weighted by Crippen LogP contribution is 2.25. The average molecular weight is 348 g/mol. The second-order valence-electron chi connectivity index (χ2n) is 4.27. The Morgan fingerprint density at radius 3 is 2.71 bits per heavy atom. The van der Waals surface area contributed by atoms with E-state index in [0.29, 0.717) is 0 Å². The Morgan fingerprint density at radius 1 is 1.48 bits per heavy atom. The second-order valence-corrected chi connectivity index (χ2v) is 7.66. The van der Waals surface area contributed by atoms with Gasteiger partial charge in [0.15, 0.2) is 5.82 Å². The molecule has 7 nitrogen and oxygen atoms in total. The third-order valence-corrected chi connectivity index (χ3v) is 5.85. The lowest BCUT2D eigenvalue weighted by Crippen LogP contribution is -2.26. The van der Waals surface area contributed by atoms with Gasteiger partial charge in [0.2, 0.25) is 10.0 Å². The quantitative estimate of drug-likeness (QED) is 0.629. The fourth-order valence-corrected chi connectivity index (χ4v) is 3.92. The summed E-state index contributed by atoms with van der Waals surface area (Å²) >= 11 is 7.33. The maximum atomic E-state index is 12.5. The predicted octanol–water partition coefficient (Wildman–Crippen LogP) is 1.61. The summed E-state index contributed by atoms with van der Waals surface area (Å²) in [5.41, 5.74) is 4.79. The zero-order valence-corrected chi connectivity index (χ0v) is 13.8. The Hall–Kier alpha value is -1.26. The van der Waals surface area contributed by atoms with Gasteiger partial charge in [-0.3, -0.25) is 0 Å². The molecule has 0 aliphatic heterocycles. The molecule has 0 atom stereocenters. The largest absolute Gasteiger partial charge is 0.307 e. The minimum Gasteiger partial charge on any atom is -0.307 e. The number of thiazole rings is 1. The van der Waals surface area contributed by atoms with Gasteiger partial charge in [-0.2, -0.15) is 4.31 Å². The molecule has 0 unspecified atom stereocenters. The molecule has 0 fully saturated rings. The van der Waals surface area contributed by atoms with Gasteiger partial charge in [0.05, 0.1) is 16.2 Å². The van der Waals surface area contributed by atoms with Crippen LogP contribution < -0.4 is 11.3 Å². The van der Waals surface area contributed by atoms with Crippen molar-refractivity contribution in [2.45, 2.75) is 18.4 Å². The van der Waals surface area contributed by atoms with Crippen LogP contribution >= 0.6 is 22.9 Å². The molecule has 0 amide bonds. The highest BCUT2D eigenvalue weighted by Gasteiger charge is 2.23. The van der Waals surface area contributed by atoms with Crippen LogP contribution in [0.25, 0.3) is 0 Å². The van der Waals surface area contributed by atoms with Gasteiger partial charge in [-0.05, 0) is 13.0 Å². The topological polar surface area (TPSA) is 101 Å². The molecule has 3 N–H and O–H groups in total. The molecule has 0 aliphatic carbocycles. The number of sulfonamides is 1. The zero-order chi connectivity index (χ0) is 15.6. The summed E-state index contributed by atoms with van der Waals surface area (Å²) < 4.78 is 26.2. The van der Waals surface area contributed by atoms with E-state index in [1.807, 2.05) is 6.92 Å². The zero-order valence-electron chi connectivity index (χ0n) is 11.4. The summed E-state index contributed by atoms with van der Waals surface area (Å²) in [4.78, 5) is 8.88. The molecule has 2 heterocycles. The first-order valence-corrected chi connectivity index (χ1v) is 8.53. The normalized spacial score (nSPS) is 11.9. The number of hydrazine groups is 1. The minimum absolute atomic E-state index is 0.0103. The maximum absolute atomic E-state index is 12.5. The van der Waals surface area contributed by atoms with Crippen LogP contribution in [0.15, 0.2) is 22.7 Å². The first-order valence-electron chi connectivity index (χ1n) is 5.83. The van der Waals surface area contributed by atoms with E-state index in [-0.39, 0.29) is 22.3 Å². The van der Waals surface area contributed by atoms with E-state index < -0.39 is 10.0 Å². The number of halogens is 1. The molecule has 0 bridgehead atoms. The highest BCUT2D eigenvalue weighted by atomic mass is 35.5. The van der Waals surface area contributed by atoms with Crippen LogP contribution in [0.5, 0.6) is 0 Å². The van der Waals surface area contributed by atoms with E-state index >= 15 is 0 Å². The van der Waals surface area contributed by atoms with Crippen LogP contribution in [0.1, 0.15) is 10.6 Å². The Labute approximate surface area is 131 Å².